The van der Waals surface area contributed by atoms with Crippen LogP contribution in [-0.4, -0.2) is 49.4 Å². The van der Waals surface area contributed by atoms with Crippen molar-refractivity contribution in [3.8, 4) is 0 Å². The lowest BCUT2D eigenvalue weighted by molar-refractivity contribution is 0.0381. The van der Waals surface area contributed by atoms with E-state index in [-0.39, 0.29) is 6.10 Å². The topological polar surface area (TPSA) is 59.5 Å². The Morgan fingerprint density at radius 2 is 2.30 bits per heavy atom. The number of anilines is 2. The Hall–Kier alpha value is -1.40. The summed E-state index contributed by atoms with van der Waals surface area (Å²) in [5, 5.41) is 3.08. The summed E-state index contributed by atoms with van der Waals surface area (Å²) >= 11 is 0. The second-order valence-corrected chi connectivity index (χ2v) is 4.76. The fourth-order valence-corrected chi connectivity index (χ4v) is 2.21. The summed E-state index contributed by atoms with van der Waals surface area (Å²) in [4.78, 5) is 11.3. The highest BCUT2D eigenvalue weighted by Crippen LogP contribution is 2.20. The molecule has 20 heavy (non-hydrogen) atoms. The van der Waals surface area contributed by atoms with Crippen LogP contribution >= 0.6 is 0 Å². The summed E-state index contributed by atoms with van der Waals surface area (Å²) in [6, 6.07) is 1.98. The third kappa shape index (κ3) is 3.80. The van der Waals surface area contributed by atoms with E-state index >= 15 is 0 Å². The summed E-state index contributed by atoms with van der Waals surface area (Å²) in [6.07, 6.45) is 1.30. The van der Waals surface area contributed by atoms with Gasteiger partial charge in [-0.3, -0.25) is 0 Å². The van der Waals surface area contributed by atoms with E-state index in [2.05, 4.69) is 27.1 Å². The average Bonchev–Trinajstić information content (AvgIpc) is 2.52. The van der Waals surface area contributed by atoms with Gasteiger partial charge in [-0.1, -0.05) is 6.92 Å². The van der Waals surface area contributed by atoms with Crippen molar-refractivity contribution in [2.75, 3.05) is 43.6 Å². The number of aromatic nitrogens is 2. The number of hydrogen-bond acceptors (Lipinski definition) is 6. The maximum absolute atomic E-state index is 5.71. The van der Waals surface area contributed by atoms with Gasteiger partial charge in [-0.15, -0.1) is 0 Å². The van der Waals surface area contributed by atoms with Gasteiger partial charge in [-0.2, -0.15) is 0 Å². The lowest BCUT2D eigenvalue weighted by Gasteiger charge is -2.33. The predicted molar refractivity (Wildman–Crippen MR) is 79.2 cm³/mol. The van der Waals surface area contributed by atoms with Crippen molar-refractivity contribution in [3.05, 3.63) is 11.9 Å². The van der Waals surface area contributed by atoms with Crippen molar-refractivity contribution in [1.82, 2.24) is 9.97 Å². The second-order valence-electron chi connectivity index (χ2n) is 4.76. The zero-order valence-electron chi connectivity index (χ0n) is 12.6. The lowest BCUT2D eigenvalue weighted by atomic mass is 10.2. The first-order chi connectivity index (χ1) is 9.76. The molecule has 0 saturated carbocycles. The van der Waals surface area contributed by atoms with Gasteiger partial charge in [-0.25, -0.2) is 9.97 Å². The van der Waals surface area contributed by atoms with E-state index in [1.54, 1.807) is 0 Å². The molecule has 0 radical (unpaired) electrons. The molecule has 0 aromatic carbocycles. The predicted octanol–water partition coefficient (Wildman–Crippen LogP) is 1.67. The summed E-state index contributed by atoms with van der Waals surface area (Å²) in [5.41, 5.74) is 0. The molecule has 6 heteroatoms. The van der Waals surface area contributed by atoms with Crippen LogP contribution in [0, 0.1) is 0 Å². The Kier molecular flexibility index (Phi) is 5.55. The van der Waals surface area contributed by atoms with Gasteiger partial charge < -0.3 is 19.7 Å². The molecule has 1 aromatic rings. The number of hydrogen-bond donors (Lipinski definition) is 1. The van der Waals surface area contributed by atoms with E-state index in [0.717, 1.165) is 37.8 Å². The van der Waals surface area contributed by atoms with Crippen molar-refractivity contribution in [2.45, 2.75) is 33.0 Å². The molecule has 6 nitrogen and oxygen atoms in total. The molecule has 1 aromatic heterocycles. The molecule has 1 unspecified atom stereocenters. The molecule has 2 heterocycles. The Balaban J connectivity index is 2.16. The highest BCUT2D eigenvalue weighted by atomic mass is 16.5. The van der Waals surface area contributed by atoms with Crippen molar-refractivity contribution in [1.29, 1.82) is 0 Å². The zero-order valence-corrected chi connectivity index (χ0v) is 12.6. The molecule has 1 fully saturated rings. The Morgan fingerprint density at radius 3 is 3.00 bits per heavy atom. The van der Waals surface area contributed by atoms with Gasteiger partial charge in [0.25, 0.3) is 0 Å². The van der Waals surface area contributed by atoms with Crippen LogP contribution in [0.3, 0.4) is 0 Å². The van der Waals surface area contributed by atoms with Gasteiger partial charge >= 0.3 is 0 Å². The van der Waals surface area contributed by atoms with Crippen molar-refractivity contribution >= 4 is 11.6 Å². The third-order valence-electron chi connectivity index (χ3n) is 3.37. The van der Waals surface area contributed by atoms with Gasteiger partial charge in [0.2, 0.25) is 0 Å². The number of ether oxygens (including phenoxy) is 2. The van der Waals surface area contributed by atoms with E-state index in [1.807, 2.05) is 20.0 Å². The van der Waals surface area contributed by atoms with Gasteiger partial charge in [-0.05, 0) is 13.3 Å². The Morgan fingerprint density at radius 1 is 1.45 bits per heavy atom. The summed E-state index contributed by atoms with van der Waals surface area (Å²) in [6.45, 7) is 7.72. The van der Waals surface area contributed by atoms with Crippen LogP contribution in [0.4, 0.5) is 11.6 Å². The van der Waals surface area contributed by atoms with E-state index in [1.165, 1.54) is 0 Å². The molecule has 1 aliphatic heterocycles. The van der Waals surface area contributed by atoms with Gasteiger partial charge in [0.05, 0.1) is 12.7 Å². The molecular weight excluding hydrogens is 256 g/mol. The first kappa shape index (κ1) is 15.0. The number of nitrogens with zero attached hydrogens (tertiary/aromatic N) is 3. The first-order valence-corrected chi connectivity index (χ1v) is 7.26. The van der Waals surface area contributed by atoms with Crippen molar-refractivity contribution < 1.29 is 9.47 Å². The minimum atomic E-state index is 0.284. The largest absolute Gasteiger partial charge is 0.375 e. The molecule has 1 aliphatic rings. The lowest BCUT2D eigenvalue weighted by Crippen LogP contribution is -2.42. The minimum absolute atomic E-state index is 0.284. The number of morpholine rings is 1. The normalized spacial score (nSPS) is 19.1. The van der Waals surface area contributed by atoms with Gasteiger partial charge in [0.1, 0.15) is 18.2 Å². The fraction of sp³-hybridized carbons (Fsp3) is 0.714. The maximum Gasteiger partial charge on any atom is 0.158 e. The molecule has 0 spiro atoms. The van der Waals surface area contributed by atoms with Crippen LogP contribution in [0.25, 0.3) is 0 Å². The molecule has 1 N–H and O–H groups in total. The van der Waals surface area contributed by atoms with Crippen molar-refractivity contribution in [3.63, 3.8) is 0 Å². The van der Waals surface area contributed by atoms with Crippen LogP contribution in [-0.2, 0) is 16.1 Å². The summed E-state index contributed by atoms with van der Waals surface area (Å²) < 4.78 is 11.1. The zero-order chi connectivity index (χ0) is 14.4. The molecular formula is C14H24N4O2. The van der Waals surface area contributed by atoms with Crippen LogP contribution in [0.2, 0.25) is 0 Å². The van der Waals surface area contributed by atoms with Crippen molar-refractivity contribution in [2.24, 2.45) is 0 Å². The smallest absolute Gasteiger partial charge is 0.158 e. The molecule has 0 amide bonds. The SMILES string of the molecule is CCOCc1nc(NC)cc(N2CCOC(CC)C2)n1. The highest BCUT2D eigenvalue weighted by Gasteiger charge is 2.21. The van der Waals surface area contributed by atoms with E-state index < -0.39 is 0 Å². The molecule has 2 rings (SSSR count). The van der Waals surface area contributed by atoms with E-state index in [4.69, 9.17) is 9.47 Å². The number of rotatable bonds is 6. The molecule has 1 atom stereocenters. The molecule has 1 saturated heterocycles. The van der Waals surface area contributed by atoms with Crippen LogP contribution < -0.4 is 10.2 Å². The highest BCUT2D eigenvalue weighted by molar-refractivity contribution is 5.49. The summed E-state index contributed by atoms with van der Waals surface area (Å²) in [7, 11) is 1.87. The summed E-state index contributed by atoms with van der Waals surface area (Å²) in [5.74, 6) is 2.48. The molecule has 112 valence electrons. The Labute approximate surface area is 120 Å². The average molecular weight is 280 g/mol. The number of nitrogens with one attached hydrogen (secondary N) is 1. The molecule has 0 aliphatic carbocycles. The third-order valence-corrected chi connectivity index (χ3v) is 3.37. The van der Waals surface area contributed by atoms with Gasteiger partial charge in [0.15, 0.2) is 5.82 Å². The Bertz CT molecular complexity index is 428. The van der Waals surface area contributed by atoms with Crippen LogP contribution in [0.5, 0.6) is 0 Å². The maximum atomic E-state index is 5.71. The standard InChI is InChI=1S/C14H24N4O2/c1-4-11-9-18(6-7-20-11)14-8-12(15-3)16-13(17-14)10-19-5-2/h8,11H,4-7,9-10H2,1-3H3,(H,15,16,17). The first-order valence-electron chi connectivity index (χ1n) is 7.26. The van der Waals surface area contributed by atoms with E-state index in [9.17, 15) is 0 Å². The van der Waals surface area contributed by atoms with E-state index in [0.29, 0.717) is 19.0 Å². The minimum Gasteiger partial charge on any atom is -0.375 e. The monoisotopic (exact) mass is 280 g/mol. The van der Waals surface area contributed by atoms with Gasteiger partial charge in [0, 0.05) is 32.8 Å². The second kappa shape index (κ2) is 7.40. The molecule has 0 bridgehead atoms. The van der Waals surface area contributed by atoms with Crippen LogP contribution in [0.1, 0.15) is 26.1 Å². The fourth-order valence-electron chi connectivity index (χ4n) is 2.21. The quantitative estimate of drug-likeness (QED) is 0.855. The van der Waals surface area contributed by atoms with Crippen LogP contribution in [0.15, 0.2) is 6.07 Å².